The molecule has 0 aromatic heterocycles. The van der Waals surface area contributed by atoms with Gasteiger partial charge < -0.3 is 15.0 Å². The van der Waals surface area contributed by atoms with Crippen molar-refractivity contribution >= 4 is 0 Å². The average molecular weight is 286 g/mol. The van der Waals surface area contributed by atoms with E-state index in [0.717, 1.165) is 24.8 Å². The summed E-state index contributed by atoms with van der Waals surface area (Å²) >= 11 is 0. The molecule has 2 heterocycles. The van der Waals surface area contributed by atoms with Gasteiger partial charge in [0.25, 0.3) is 0 Å². The quantitative estimate of drug-likeness (QED) is 0.921. The number of ether oxygens (including phenoxy) is 1. The smallest absolute Gasteiger partial charge is 0.122 e. The lowest BCUT2D eigenvalue weighted by Gasteiger charge is -2.34. The predicted octanol–water partition coefficient (Wildman–Crippen LogP) is 2.90. The minimum absolute atomic E-state index is 0.438. The van der Waals surface area contributed by atoms with E-state index in [1.54, 1.807) is 0 Å². The number of rotatable bonds is 4. The van der Waals surface area contributed by atoms with Crippen LogP contribution in [0.1, 0.15) is 49.8 Å². The first-order valence-corrected chi connectivity index (χ1v) is 8.55. The van der Waals surface area contributed by atoms with E-state index in [9.17, 15) is 0 Å². The Morgan fingerprint density at radius 3 is 2.76 bits per heavy atom. The van der Waals surface area contributed by atoms with Gasteiger partial charge in [-0.3, -0.25) is 0 Å². The van der Waals surface area contributed by atoms with Crippen LogP contribution in [-0.4, -0.2) is 36.7 Å². The molecule has 0 spiro atoms. The summed E-state index contributed by atoms with van der Waals surface area (Å²) in [5, 5.41) is 3.84. The molecule has 3 nitrogen and oxygen atoms in total. The van der Waals surface area contributed by atoms with Crippen LogP contribution in [-0.2, 0) is 6.42 Å². The largest absolute Gasteiger partial charge is 0.493 e. The number of nitrogens with one attached hydrogen (secondary N) is 1. The first kappa shape index (κ1) is 13.6. The van der Waals surface area contributed by atoms with Gasteiger partial charge in [0, 0.05) is 24.5 Å². The van der Waals surface area contributed by atoms with Crippen LogP contribution in [0.25, 0.3) is 0 Å². The van der Waals surface area contributed by atoms with Crippen molar-refractivity contribution in [1.29, 1.82) is 0 Å². The van der Waals surface area contributed by atoms with Crippen molar-refractivity contribution in [2.75, 3.05) is 19.7 Å². The second kappa shape index (κ2) is 5.62. The maximum atomic E-state index is 5.60. The lowest BCUT2D eigenvalue weighted by Crippen LogP contribution is -2.44. The monoisotopic (exact) mass is 286 g/mol. The number of piperidine rings is 1. The van der Waals surface area contributed by atoms with E-state index in [2.05, 4.69) is 35.3 Å². The van der Waals surface area contributed by atoms with Gasteiger partial charge in [-0.2, -0.15) is 0 Å². The zero-order valence-corrected chi connectivity index (χ0v) is 13.0. The second-order valence-corrected chi connectivity index (χ2v) is 6.90. The van der Waals surface area contributed by atoms with Crippen molar-refractivity contribution in [1.82, 2.24) is 10.2 Å². The zero-order valence-electron chi connectivity index (χ0n) is 13.0. The Labute approximate surface area is 127 Å². The van der Waals surface area contributed by atoms with Gasteiger partial charge in [0.15, 0.2) is 0 Å². The Morgan fingerprint density at radius 2 is 2.00 bits per heavy atom. The fourth-order valence-electron chi connectivity index (χ4n) is 3.80. The molecule has 2 fully saturated rings. The van der Waals surface area contributed by atoms with Crippen molar-refractivity contribution in [3.05, 3.63) is 29.3 Å². The van der Waals surface area contributed by atoms with E-state index in [4.69, 9.17) is 4.74 Å². The highest BCUT2D eigenvalue weighted by atomic mass is 16.5. The summed E-state index contributed by atoms with van der Waals surface area (Å²) in [6.45, 7) is 5.71. The highest BCUT2D eigenvalue weighted by molar-refractivity contribution is 5.40. The molecule has 3 aliphatic rings. The highest BCUT2D eigenvalue weighted by Crippen LogP contribution is 2.31. The SMILES string of the molecule is CC(NC1CCN(C2CC2)CC1)c1ccc2c(c1)CCO2. The summed E-state index contributed by atoms with van der Waals surface area (Å²) in [6.07, 6.45) is 6.54. The van der Waals surface area contributed by atoms with Crippen molar-refractivity contribution in [2.24, 2.45) is 0 Å². The van der Waals surface area contributed by atoms with Crippen molar-refractivity contribution in [3.8, 4) is 5.75 Å². The molecule has 1 N–H and O–H groups in total. The molecule has 1 saturated heterocycles. The average Bonchev–Trinajstić information content (AvgIpc) is 3.25. The van der Waals surface area contributed by atoms with E-state index >= 15 is 0 Å². The lowest BCUT2D eigenvalue weighted by atomic mass is 10.00. The third kappa shape index (κ3) is 2.95. The fourth-order valence-corrected chi connectivity index (χ4v) is 3.80. The van der Waals surface area contributed by atoms with Gasteiger partial charge >= 0.3 is 0 Å². The van der Waals surface area contributed by atoms with E-state index in [-0.39, 0.29) is 0 Å². The molecular formula is C18H26N2O. The number of nitrogens with zero attached hydrogens (tertiary/aromatic N) is 1. The molecule has 2 aliphatic heterocycles. The van der Waals surface area contributed by atoms with Crippen LogP contribution in [0.4, 0.5) is 0 Å². The molecule has 0 radical (unpaired) electrons. The molecule has 21 heavy (non-hydrogen) atoms. The van der Waals surface area contributed by atoms with Gasteiger partial charge in [0.1, 0.15) is 5.75 Å². The molecule has 3 heteroatoms. The van der Waals surface area contributed by atoms with Crippen molar-refractivity contribution < 1.29 is 4.74 Å². The minimum Gasteiger partial charge on any atom is -0.493 e. The van der Waals surface area contributed by atoms with Gasteiger partial charge in [-0.15, -0.1) is 0 Å². The normalized spacial score (nSPS) is 24.6. The van der Waals surface area contributed by atoms with E-state index in [1.165, 1.54) is 49.9 Å². The van der Waals surface area contributed by atoms with Crippen LogP contribution in [0.15, 0.2) is 18.2 Å². The van der Waals surface area contributed by atoms with Gasteiger partial charge in [-0.05, 0) is 62.9 Å². The molecule has 0 bridgehead atoms. The van der Waals surface area contributed by atoms with Crippen LogP contribution in [0.2, 0.25) is 0 Å². The van der Waals surface area contributed by atoms with Crippen molar-refractivity contribution in [2.45, 2.75) is 57.2 Å². The van der Waals surface area contributed by atoms with Crippen LogP contribution < -0.4 is 10.1 Å². The molecular weight excluding hydrogens is 260 g/mol. The fraction of sp³-hybridized carbons (Fsp3) is 0.667. The van der Waals surface area contributed by atoms with Crippen molar-refractivity contribution in [3.63, 3.8) is 0 Å². The highest BCUT2D eigenvalue weighted by Gasteiger charge is 2.32. The number of fused-ring (bicyclic) bond motifs is 1. The van der Waals surface area contributed by atoms with Crippen LogP contribution in [0.5, 0.6) is 5.75 Å². The molecule has 0 amide bonds. The minimum atomic E-state index is 0.438. The first-order valence-electron chi connectivity index (χ1n) is 8.55. The summed E-state index contributed by atoms with van der Waals surface area (Å²) in [5.41, 5.74) is 2.79. The molecule has 1 saturated carbocycles. The van der Waals surface area contributed by atoms with E-state index in [1.807, 2.05) is 0 Å². The van der Waals surface area contributed by atoms with Gasteiger partial charge in [-0.25, -0.2) is 0 Å². The second-order valence-electron chi connectivity index (χ2n) is 6.90. The molecule has 1 atom stereocenters. The number of benzene rings is 1. The Balaban J connectivity index is 1.34. The van der Waals surface area contributed by atoms with Crippen LogP contribution >= 0.6 is 0 Å². The maximum absolute atomic E-state index is 5.60. The molecule has 1 aromatic carbocycles. The van der Waals surface area contributed by atoms with Gasteiger partial charge in [0.2, 0.25) is 0 Å². The van der Waals surface area contributed by atoms with E-state index in [0.29, 0.717) is 12.1 Å². The topological polar surface area (TPSA) is 24.5 Å². The third-order valence-electron chi connectivity index (χ3n) is 5.29. The summed E-state index contributed by atoms with van der Waals surface area (Å²) in [4.78, 5) is 2.69. The molecule has 1 unspecified atom stereocenters. The maximum Gasteiger partial charge on any atom is 0.122 e. The first-order chi connectivity index (χ1) is 10.3. The Kier molecular flexibility index (Phi) is 3.64. The Hall–Kier alpha value is -1.06. The van der Waals surface area contributed by atoms with E-state index < -0.39 is 0 Å². The van der Waals surface area contributed by atoms with Crippen LogP contribution in [0, 0.1) is 0 Å². The standard InChI is InChI=1S/C18H26N2O/c1-13(14-2-5-18-15(12-14)8-11-21-18)19-16-6-9-20(10-7-16)17-3-4-17/h2,5,12-13,16-17,19H,3-4,6-11H2,1H3. The predicted molar refractivity (Wildman–Crippen MR) is 84.8 cm³/mol. The lowest BCUT2D eigenvalue weighted by molar-refractivity contribution is 0.184. The summed E-state index contributed by atoms with van der Waals surface area (Å²) in [7, 11) is 0. The summed E-state index contributed by atoms with van der Waals surface area (Å²) < 4.78 is 5.60. The Bertz CT molecular complexity index is 504. The number of hydrogen-bond acceptors (Lipinski definition) is 3. The molecule has 1 aromatic rings. The van der Waals surface area contributed by atoms with Crippen LogP contribution in [0.3, 0.4) is 0 Å². The number of hydrogen-bond donors (Lipinski definition) is 1. The summed E-state index contributed by atoms with van der Waals surface area (Å²) in [5.74, 6) is 1.09. The zero-order chi connectivity index (χ0) is 14.2. The van der Waals surface area contributed by atoms with Gasteiger partial charge in [0.05, 0.1) is 6.61 Å². The molecule has 114 valence electrons. The molecule has 1 aliphatic carbocycles. The summed E-state index contributed by atoms with van der Waals surface area (Å²) in [6, 6.07) is 8.75. The third-order valence-corrected chi connectivity index (χ3v) is 5.29. The van der Waals surface area contributed by atoms with Gasteiger partial charge in [-0.1, -0.05) is 12.1 Å². The molecule has 4 rings (SSSR count). The number of likely N-dealkylation sites (tertiary alicyclic amines) is 1. The Morgan fingerprint density at radius 1 is 1.19 bits per heavy atom.